The summed E-state index contributed by atoms with van der Waals surface area (Å²) in [6.07, 6.45) is 0.553. The van der Waals surface area contributed by atoms with Crippen LogP contribution in [-0.4, -0.2) is 29.3 Å². The second-order valence-corrected chi connectivity index (χ2v) is 4.34. The molecule has 18 heavy (non-hydrogen) atoms. The van der Waals surface area contributed by atoms with Gasteiger partial charge in [0.2, 0.25) is 0 Å². The number of nitrogens with zero attached hydrogens (tertiary/aromatic N) is 1. The highest BCUT2D eigenvalue weighted by molar-refractivity contribution is 5.64. The number of benzene rings is 1. The third-order valence-corrected chi connectivity index (χ3v) is 2.82. The van der Waals surface area contributed by atoms with Gasteiger partial charge in [0, 0.05) is 18.7 Å². The molecule has 0 aliphatic rings. The van der Waals surface area contributed by atoms with E-state index in [0.717, 1.165) is 0 Å². The predicted octanol–water partition coefficient (Wildman–Crippen LogP) is 2.18. The third kappa shape index (κ3) is 3.59. The van der Waals surface area contributed by atoms with Crippen LogP contribution in [0.15, 0.2) is 18.2 Å². The van der Waals surface area contributed by atoms with Gasteiger partial charge in [-0.2, -0.15) is 0 Å². The highest BCUT2D eigenvalue weighted by Crippen LogP contribution is 2.29. The average molecular weight is 254 g/mol. The number of methoxy groups -OCH3 is 1. The lowest BCUT2D eigenvalue weighted by molar-refractivity contribution is -0.384. The average Bonchev–Trinajstić information content (AvgIpc) is 2.36. The van der Waals surface area contributed by atoms with Crippen LogP contribution in [0.3, 0.4) is 0 Å². The predicted molar refractivity (Wildman–Crippen MR) is 69.1 cm³/mol. The Balaban J connectivity index is 2.94. The van der Waals surface area contributed by atoms with Gasteiger partial charge < -0.3 is 15.2 Å². The molecule has 0 aromatic heterocycles. The number of anilines is 1. The summed E-state index contributed by atoms with van der Waals surface area (Å²) in [6.45, 7) is 3.76. The van der Waals surface area contributed by atoms with Crippen LogP contribution in [0, 0.1) is 10.1 Å². The minimum atomic E-state index is -0.906. The van der Waals surface area contributed by atoms with Gasteiger partial charge in [-0.3, -0.25) is 10.1 Å². The first-order chi connectivity index (χ1) is 8.39. The van der Waals surface area contributed by atoms with Gasteiger partial charge in [0.15, 0.2) is 0 Å². The topological polar surface area (TPSA) is 84.6 Å². The lowest BCUT2D eigenvalue weighted by Crippen LogP contribution is -2.32. The standard InChI is InChI=1S/C12H18N2O4/c1-4-12(2,15)8-13-10-7-9(18-3)5-6-11(10)14(16)17/h5-7,13,15H,4,8H2,1-3H3. The van der Waals surface area contributed by atoms with Crippen molar-refractivity contribution in [3.8, 4) is 5.75 Å². The summed E-state index contributed by atoms with van der Waals surface area (Å²) >= 11 is 0. The van der Waals surface area contributed by atoms with Crippen LogP contribution in [0.1, 0.15) is 20.3 Å². The van der Waals surface area contributed by atoms with E-state index in [0.29, 0.717) is 17.9 Å². The molecule has 6 heteroatoms. The molecule has 1 rings (SSSR count). The zero-order valence-corrected chi connectivity index (χ0v) is 10.8. The summed E-state index contributed by atoms with van der Waals surface area (Å²) < 4.78 is 5.02. The molecule has 2 N–H and O–H groups in total. The van der Waals surface area contributed by atoms with Gasteiger partial charge in [-0.15, -0.1) is 0 Å². The van der Waals surface area contributed by atoms with E-state index in [1.807, 2.05) is 6.92 Å². The molecule has 0 bridgehead atoms. The van der Waals surface area contributed by atoms with Crippen molar-refractivity contribution >= 4 is 11.4 Å². The van der Waals surface area contributed by atoms with E-state index in [9.17, 15) is 15.2 Å². The van der Waals surface area contributed by atoms with Crippen LogP contribution >= 0.6 is 0 Å². The maximum Gasteiger partial charge on any atom is 0.292 e. The Hall–Kier alpha value is -1.82. The molecule has 1 unspecified atom stereocenters. The summed E-state index contributed by atoms with van der Waals surface area (Å²) in [5.41, 5.74) is -0.604. The van der Waals surface area contributed by atoms with E-state index >= 15 is 0 Å². The van der Waals surface area contributed by atoms with E-state index in [1.54, 1.807) is 13.0 Å². The molecular formula is C12H18N2O4. The smallest absolute Gasteiger partial charge is 0.292 e. The lowest BCUT2D eigenvalue weighted by Gasteiger charge is -2.22. The zero-order chi connectivity index (χ0) is 13.8. The van der Waals surface area contributed by atoms with Gasteiger partial charge in [0.05, 0.1) is 17.6 Å². The van der Waals surface area contributed by atoms with Gasteiger partial charge in [0.1, 0.15) is 11.4 Å². The molecular weight excluding hydrogens is 236 g/mol. The molecule has 100 valence electrons. The van der Waals surface area contributed by atoms with Gasteiger partial charge in [-0.25, -0.2) is 0 Å². The number of hydrogen-bond donors (Lipinski definition) is 2. The SMILES string of the molecule is CCC(C)(O)CNc1cc(OC)ccc1[N+](=O)[O-]. The normalized spacial score (nSPS) is 13.8. The summed E-state index contributed by atoms with van der Waals surface area (Å²) in [5.74, 6) is 0.527. The molecule has 6 nitrogen and oxygen atoms in total. The molecule has 0 amide bonds. The third-order valence-electron chi connectivity index (χ3n) is 2.82. The quantitative estimate of drug-likeness (QED) is 0.600. The van der Waals surface area contributed by atoms with E-state index in [4.69, 9.17) is 4.74 Å². The Labute approximate surface area is 106 Å². The maximum atomic E-state index is 10.9. The van der Waals surface area contributed by atoms with Gasteiger partial charge in [-0.1, -0.05) is 6.92 Å². The number of rotatable bonds is 6. The Morgan fingerprint density at radius 2 is 2.22 bits per heavy atom. The van der Waals surface area contributed by atoms with Crippen molar-refractivity contribution in [2.24, 2.45) is 0 Å². The van der Waals surface area contributed by atoms with Gasteiger partial charge >= 0.3 is 0 Å². The highest BCUT2D eigenvalue weighted by atomic mass is 16.6. The molecule has 1 aromatic carbocycles. The molecule has 0 radical (unpaired) electrons. The van der Waals surface area contributed by atoms with Gasteiger partial charge in [0.25, 0.3) is 5.69 Å². The van der Waals surface area contributed by atoms with Crippen LogP contribution in [-0.2, 0) is 0 Å². The fourth-order valence-corrected chi connectivity index (χ4v) is 1.35. The molecule has 1 atom stereocenters. The van der Waals surface area contributed by atoms with Crippen LogP contribution in [0.4, 0.5) is 11.4 Å². The molecule has 0 spiro atoms. The first-order valence-electron chi connectivity index (χ1n) is 5.68. The second-order valence-electron chi connectivity index (χ2n) is 4.34. The Kier molecular flexibility index (Phi) is 4.49. The van der Waals surface area contributed by atoms with Crippen LogP contribution < -0.4 is 10.1 Å². The Morgan fingerprint density at radius 1 is 1.56 bits per heavy atom. The fraction of sp³-hybridized carbons (Fsp3) is 0.500. The van der Waals surface area contributed by atoms with Crippen LogP contribution in [0.5, 0.6) is 5.75 Å². The Morgan fingerprint density at radius 3 is 2.72 bits per heavy atom. The van der Waals surface area contributed by atoms with Crippen molar-refractivity contribution in [1.29, 1.82) is 0 Å². The highest BCUT2D eigenvalue weighted by Gasteiger charge is 2.20. The number of aliphatic hydroxyl groups is 1. The minimum Gasteiger partial charge on any atom is -0.497 e. The first kappa shape index (κ1) is 14.2. The monoisotopic (exact) mass is 254 g/mol. The largest absolute Gasteiger partial charge is 0.497 e. The van der Waals surface area contributed by atoms with Crippen molar-refractivity contribution < 1.29 is 14.8 Å². The lowest BCUT2D eigenvalue weighted by atomic mass is 10.0. The molecule has 0 saturated heterocycles. The van der Waals surface area contributed by atoms with Crippen LogP contribution in [0.2, 0.25) is 0 Å². The maximum absolute atomic E-state index is 10.9. The number of hydrogen-bond acceptors (Lipinski definition) is 5. The molecule has 1 aromatic rings. The van der Waals surface area contributed by atoms with Crippen molar-refractivity contribution in [3.05, 3.63) is 28.3 Å². The van der Waals surface area contributed by atoms with E-state index in [-0.39, 0.29) is 12.2 Å². The Bertz CT molecular complexity index is 432. The second kappa shape index (κ2) is 5.68. The van der Waals surface area contributed by atoms with E-state index < -0.39 is 10.5 Å². The fourth-order valence-electron chi connectivity index (χ4n) is 1.35. The van der Waals surface area contributed by atoms with Crippen molar-refractivity contribution in [3.63, 3.8) is 0 Å². The van der Waals surface area contributed by atoms with E-state index in [2.05, 4.69) is 5.32 Å². The van der Waals surface area contributed by atoms with Crippen molar-refractivity contribution in [2.75, 3.05) is 19.0 Å². The zero-order valence-electron chi connectivity index (χ0n) is 10.8. The summed E-state index contributed by atoms with van der Waals surface area (Å²) in [5, 5.41) is 23.6. The molecule has 0 aliphatic heterocycles. The molecule has 0 aliphatic carbocycles. The number of nitrogens with one attached hydrogen (secondary N) is 1. The van der Waals surface area contributed by atoms with Crippen molar-refractivity contribution in [1.82, 2.24) is 0 Å². The molecule has 0 fully saturated rings. The van der Waals surface area contributed by atoms with Gasteiger partial charge in [-0.05, 0) is 19.4 Å². The summed E-state index contributed by atoms with van der Waals surface area (Å²) in [6, 6.07) is 4.45. The summed E-state index contributed by atoms with van der Waals surface area (Å²) in [4.78, 5) is 10.4. The van der Waals surface area contributed by atoms with Crippen molar-refractivity contribution in [2.45, 2.75) is 25.9 Å². The number of nitro groups is 1. The van der Waals surface area contributed by atoms with E-state index in [1.165, 1.54) is 19.2 Å². The number of nitro benzene ring substituents is 1. The molecule has 0 saturated carbocycles. The number of ether oxygens (including phenoxy) is 1. The first-order valence-corrected chi connectivity index (χ1v) is 5.68. The summed E-state index contributed by atoms with van der Waals surface area (Å²) in [7, 11) is 1.49. The minimum absolute atomic E-state index is 0.0392. The van der Waals surface area contributed by atoms with Crippen LogP contribution in [0.25, 0.3) is 0 Å². The molecule has 0 heterocycles.